The van der Waals surface area contributed by atoms with Gasteiger partial charge in [-0.15, -0.1) is 0 Å². The second-order valence-electron chi connectivity index (χ2n) is 3.79. The van der Waals surface area contributed by atoms with E-state index < -0.39 is 23.9 Å². The highest BCUT2D eigenvalue weighted by molar-refractivity contribution is 5.71. The summed E-state index contributed by atoms with van der Waals surface area (Å²) in [6.45, 7) is 1.72. The number of rotatable bonds is 1. The molecule has 0 spiro atoms. The van der Waals surface area contributed by atoms with Gasteiger partial charge in [-0.05, 0) is 25.2 Å². The van der Waals surface area contributed by atoms with Crippen molar-refractivity contribution in [2.45, 2.75) is 25.5 Å². The van der Waals surface area contributed by atoms with E-state index in [1.165, 1.54) is 12.2 Å². The number of carbonyl (C=O) groups is 1. The highest BCUT2D eigenvalue weighted by Crippen LogP contribution is 2.25. The SMILES string of the molecule is CC1NC(=O)OC1C1=CC(F)=CCC(F)=C1. The molecule has 0 saturated carbocycles. The van der Waals surface area contributed by atoms with Crippen LogP contribution in [0.4, 0.5) is 13.6 Å². The van der Waals surface area contributed by atoms with Gasteiger partial charge in [0.2, 0.25) is 0 Å². The van der Waals surface area contributed by atoms with Crippen LogP contribution in [0.15, 0.2) is 35.5 Å². The van der Waals surface area contributed by atoms with Crippen molar-refractivity contribution in [2.75, 3.05) is 0 Å². The van der Waals surface area contributed by atoms with E-state index in [9.17, 15) is 13.6 Å². The number of carbonyl (C=O) groups excluding carboxylic acids is 1. The lowest BCUT2D eigenvalue weighted by molar-refractivity contribution is 0.151. The van der Waals surface area contributed by atoms with Crippen LogP contribution in [-0.2, 0) is 4.74 Å². The lowest BCUT2D eigenvalue weighted by atomic mass is 10.0. The zero-order valence-corrected chi connectivity index (χ0v) is 8.67. The maximum Gasteiger partial charge on any atom is 0.408 e. The van der Waals surface area contributed by atoms with E-state index in [-0.39, 0.29) is 12.5 Å². The Balaban J connectivity index is 2.29. The van der Waals surface area contributed by atoms with Crippen LogP contribution >= 0.6 is 0 Å². The van der Waals surface area contributed by atoms with Crippen molar-refractivity contribution in [3.63, 3.8) is 0 Å². The van der Waals surface area contributed by atoms with Gasteiger partial charge in [0.15, 0.2) is 0 Å². The van der Waals surface area contributed by atoms with Crippen molar-refractivity contribution >= 4 is 6.09 Å². The third kappa shape index (κ3) is 2.13. The molecule has 1 aliphatic heterocycles. The Morgan fingerprint density at radius 3 is 2.81 bits per heavy atom. The van der Waals surface area contributed by atoms with Gasteiger partial charge in [0.25, 0.3) is 0 Å². The molecule has 86 valence electrons. The Labute approximate surface area is 91.5 Å². The number of amides is 1. The molecule has 2 atom stereocenters. The van der Waals surface area contributed by atoms with Crippen LogP contribution in [-0.4, -0.2) is 18.2 Å². The summed E-state index contributed by atoms with van der Waals surface area (Å²) in [5.74, 6) is -0.969. The standard InChI is InChI=1S/C11H11F2NO2/c1-6-10(16-11(15)14-6)7-4-8(12)2-3-9(13)5-7/h2,4-6,10H,3H2,1H3,(H,14,15). The van der Waals surface area contributed by atoms with E-state index in [1.807, 2.05) is 0 Å². The molecule has 1 saturated heterocycles. The summed E-state index contributed by atoms with van der Waals surface area (Å²) in [4.78, 5) is 11.0. The molecule has 3 nitrogen and oxygen atoms in total. The fourth-order valence-electron chi connectivity index (χ4n) is 1.73. The van der Waals surface area contributed by atoms with Crippen LogP contribution in [0.5, 0.6) is 0 Å². The van der Waals surface area contributed by atoms with Crippen LogP contribution in [0.25, 0.3) is 0 Å². The summed E-state index contributed by atoms with van der Waals surface area (Å²) in [7, 11) is 0. The van der Waals surface area contributed by atoms with E-state index >= 15 is 0 Å². The first-order chi connectivity index (χ1) is 7.56. The highest BCUT2D eigenvalue weighted by atomic mass is 19.1. The largest absolute Gasteiger partial charge is 0.439 e. The zero-order valence-electron chi connectivity index (χ0n) is 8.67. The molecule has 1 amide bonds. The molecule has 0 aromatic carbocycles. The highest BCUT2D eigenvalue weighted by Gasteiger charge is 2.33. The first-order valence-electron chi connectivity index (χ1n) is 4.97. The van der Waals surface area contributed by atoms with Crippen LogP contribution in [0, 0.1) is 0 Å². The molecule has 2 aliphatic rings. The van der Waals surface area contributed by atoms with Gasteiger partial charge in [-0.1, -0.05) is 0 Å². The molecule has 1 aliphatic carbocycles. The van der Waals surface area contributed by atoms with Crippen molar-refractivity contribution in [3.8, 4) is 0 Å². The Morgan fingerprint density at radius 2 is 2.19 bits per heavy atom. The van der Waals surface area contributed by atoms with Crippen LogP contribution in [0.2, 0.25) is 0 Å². The fourth-order valence-corrected chi connectivity index (χ4v) is 1.73. The lowest BCUT2D eigenvalue weighted by Gasteiger charge is -2.13. The molecule has 1 N–H and O–H groups in total. The molecule has 1 fully saturated rings. The van der Waals surface area contributed by atoms with Gasteiger partial charge in [0, 0.05) is 12.0 Å². The second-order valence-corrected chi connectivity index (χ2v) is 3.79. The molecule has 16 heavy (non-hydrogen) atoms. The minimum Gasteiger partial charge on any atom is -0.439 e. The van der Waals surface area contributed by atoms with Crippen LogP contribution in [0.3, 0.4) is 0 Å². The predicted molar refractivity (Wildman–Crippen MR) is 53.9 cm³/mol. The first-order valence-corrected chi connectivity index (χ1v) is 4.97. The zero-order chi connectivity index (χ0) is 11.7. The quantitative estimate of drug-likeness (QED) is 0.747. The third-order valence-corrected chi connectivity index (χ3v) is 2.48. The normalized spacial score (nSPS) is 29.7. The molecular weight excluding hydrogens is 216 g/mol. The smallest absolute Gasteiger partial charge is 0.408 e. The van der Waals surface area contributed by atoms with Crippen molar-refractivity contribution in [2.24, 2.45) is 0 Å². The molecule has 0 radical (unpaired) electrons. The van der Waals surface area contributed by atoms with Crippen molar-refractivity contribution in [1.29, 1.82) is 0 Å². The van der Waals surface area contributed by atoms with Crippen molar-refractivity contribution in [1.82, 2.24) is 5.32 Å². The molecular formula is C11H11F2NO2. The molecule has 0 aromatic heterocycles. The summed E-state index contributed by atoms with van der Waals surface area (Å²) in [6.07, 6.45) is 2.26. The van der Waals surface area contributed by atoms with Crippen molar-refractivity contribution in [3.05, 3.63) is 35.5 Å². The third-order valence-electron chi connectivity index (χ3n) is 2.48. The second kappa shape index (κ2) is 4.08. The maximum absolute atomic E-state index is 13.2. The Morgan fingerprint density at radius 1 is 1.44 bits per heavy atom. The van der Waals surface area contributed by atoms with Gasteiger partial charge in [-0.2, -0.15) is 0 Å². The molecule has 0 aromatic rings. The Hall–Kier alpha value is -1.65. The summed E-state index contributed by atoms with van der Waals surface area (Å²) in [5, 5.41) is 2.52. The average Bonchev–Trinajstić information content (AvgIpc) is 2.43. The van der Waals surface area contributed by atoms with E-state index in [2.05, 4.69) is 5.32 Å². The number of nitrogens with one attached hydrogen (secondary N) is 1. The van der Waals surface area contributed by atoms with E-state index in [0.717, 1.165) is 6.08 Å². The number of allylic oxidation sites excluding steroid dienone is 4. The van der Waals surface area contributed by atoms with Crippen molar-refractivity contribution < 1.29 is 18.3 Å². The molecule has 0 bridgehead atoms. The molecule has 5 heteroatoms. The number of ether oxygens (including phenoxy) is 1. The predicted octanol–water partition coefficient (Wildman–Crippen LogP) is 2.52. The topological polar surface area (TPSA) is 38.3 Å². The number of cyclic esters (lactones) is 1. The number of hydrogen-bond acceptors (Lipinski definition) is 2. The van der Waals surface area contributed by atoms with E-state index in [1.54, 1.807) is 6.92 Å². The Bertz CT molecular complexity index is 412. The first kappa shape index (κ1) is 10.9. The number of hydrogen-bond donors (Lipinski definition) is 1. The summed E-state index contributed by atoms with van der Waals surface area (Å²) < 4.78 is 31.3. The molecule has 2 rings (SSSR count). The average molecular weight is 227 g/mol. The fraction of sp³-hybridized carbons (Fsp3) is 0.364. The minimum atomic E-state index is -0.643. The summed E-state index contributed by atoms with van der Waals surface area (Å²) in [5.41, 5.74) is 0.328. The minimum absolute atomic E-state index is 0.0751. The van der Waals surface area contributed by atoms with Gasteiger partial charge in [0.05, 0.1) is 6.04 Å². The van der Waals surface area contributed by atoms with Crippen LogP contribution in [0.1, 0.15) is 13.3 Å². The number of halogens is 2. The van der Waals surface area contributed by atoms with Gasteiger partial charge in [-0.25, -0.2) is 13.6 Å². The summed E-state index contributed by atoms with van der Waals surface area (Å²) in [6, 6.07) is -0.298. The van der Waals surface area contributed by atoms with Gasteiger partial charge < -0.3 is 10.1 Å². The maximum atomic E-state index is 13.2. The molecule has 1 heterocycles. The molecule has 2 unspecified atom stereocenters. The van der Waals surface area contributed by atoms with Gasteiger partial charge in [0.1, 0.15) is 17.8 Å². The lowest BCUT2D eigenvalue weighted by Crippen LogP contribution is -2.28. The van der Waals surface area contributed by atoms with Crippen LogP contribution < -0.4 is 5.32 Å². The van der Waals surface area contributed by atoms with E-state index in [4.69, 9.17) is 4.74 Å². The van der Waals surface area contributed by atoms with E-state index in [0.29, 0.717) is 5.57 Å². The number of alkyl carbamates (subject to hydrolysis) is 1. The van der Waals surface area contributed by atoms with Gasteiger partial charge in [-0.3, -0.25) is 0 Å². The summed E-state index contributed by atoms with van der Waals surface area (Å²) >= 11 is 0. The van der Waals surface area contributed by atoms with Gasteiger partial charge >= 0.3 is 6.09 Å². The monoisotopic (exact) mass is 227 g/mol. The Kier molecular flexibility index (Phi) is 2.77.